The van der Waals surface area contributed by atoms with Gasteiger partial charge in [0.1, 0.15) is 0 Å². The Labute approximate surface area is 196 Å². The Kier molecular flexibility index (Phi) is 5.87. The maximum Gasteiger partial charge on any atom is 0.251 e. The molecule has 1 unspecified atom stereocenters. The van der Waals surface area contributed by atoms with E-state index in [9.17, 15) is 4.79 Å². The molecule has 0 aliphatic heterocycles. The maximum absolute atomic E-state index is 12.7. The van der Waals surface area contributed by atoms with Crippen molar-refractivity contribution in [2.75, 3.05) is 0 Å². The smallest absolute Gasteiger partial charge is 0.251 e. The zero-order valence-electron chi connectivity index (χ0n) is 19.3. The summed E-state index contributed by atoms with van der Waals surface area (Å²) in [5.41, 5.74) is 9.42. The number of carbonyl (C=O) groups is 1. The van der Waals surface area contributed by atoms with Gasteiger partial charge in [0.15, 0.2) is 0 Å². The number of rotatable bonds is 5. The van der Waals surface area contributed by atoms with Gasteiger partial charge in [-0.1, -0.05) is 67.1 Å². The summed E-state index contributed by atoms with van der Waals surface area (Å²) < 4.78 is 2.39. The lowest BCUT2D eigenvalue weighted by atomic mass is 9.89. The predicted octanol–water partition coefficient (Wildman–Crippen LogP) is 6.51. The van der Waals surface area contributed by atoms with Crippen molar-refractivity contribution in [3.8, 4) is 16.9 Å². The largest absolute Gasteiger partial charge is 0.348 e. The minimum Gasteiger partial charge on any atom is -0.348 e. The topological polar surface area (TPSA) is 34.0 Å². The van der Waals surface area contributed by atoms with Crippen LogP contribution in [0.4, 0.5) is 0 Å². The first-order chi connectivity index (χ1) is 16.1. The van der Waals surface area contributed by atoms with Gasteiger partial charge in [0.05, 0.1) is 5.69 Å². The van der Waals surface area contributed by atoms with Crippen molar-refractivity contribution in [3.63, 3.8) is 0 Å². The summed E-state index contributed by atoms with van der Waals surface area (Å²) in [6, 6.07) is 29.2. The van der Waals surface area contributed by atoms with Crippen LogP contribution in [-0.2, 0) is 19.4 Å². The van der Waals surface area contributed by atoms with Gasteiger partial charge >= 0.3 is 0 Å². The number of amides is 1. The van der Waals surface area contributed by atoms with E-state index in [1.165, 1.54) is 34.5 Å². The molecule has 0 fully saturated rings. The van der Waals surface area contributed by atoms with Crippen LogP contribution < -0.4 is 5.32 Å². The van der Waals surface area contributed by atoms with Crippen molar-refractivity contribution in [1.29, 1.82) is 0 Å². The molecule has 1 N–H and O–H groups in total. The van der Waals surface area contributed by atoms with Gasteiger partial charge in [-0.3, -0.25) is 4.79 Å². The molecule has 1 aromatic heterocycles. The molecule has 0 radical (unpaired) electrons. The number of benzene rings is 3. The van der Waals surface area contributed by atoms with Gasteiger partial charge < -0.3 is 9.88 Å². The van der Waals surface area contributed by atoms with Crippen LogP contribution in [0.1, 0.15) is 46.1 Å². The van der Waals surface area contributed by atoms with Crippen LogP contribution in [0.3, 0.4) is 0 Å². The lowest BCUT2D eigenvalue weighted by Gasteiger charge is -2.21. The molecular formula is C30H30N2O. The summed E-state index contributed by atoms with van der Waals surface area (Å²) in [5, 5.41) is 3.04. The van der Waals surface area contributed by atoms with E-state index in [2.05, 4.69) is 96.5 Å². The Balaban J connectivity index is 1.42. The van der Waals surface area contributed by atoms with Crippen LogP contribution in [0.25, 0.3) is 16.9 Å². The number of nitrogens with zero attached hydrogens (tertiary/aromatic N) is 1. The lowest BCUT2D eigenvalue weighted by Crippen LogP contribution is -2.22. The molecule has 1 aliphatic carbocycles. The average Bonchev–Trinajstić information content (AvgIpc) is 3.22. The zero-order valence-corrected chi connectivity index (χ0v) is 19.3. The SMILES string of the molecule is Cc1ccc(CNC(=O)c2ccc(-n3c(-c4ccccc4)cc4c3CCC(C)C4)cc2)cc1. The van der Waals surface area contributed by atoms with E-state index >= 15 is 0 Å². The number of hydrogen-bond donors (Lipinski definition) is 1. The number of fused-ring (bicyclic) bond motifs is 1. The van der Waals surface area contributed by atoms with Gasteiger partial charge in [0.2, 0.25) is 0 Å². The van der Waals surface area contributed by atoms with Crippen molar-refractivity contribution in [3.05, 3.63) is 113 Å². The fourth-order valence-corrected chi connectivity index (χ4v) is 4.78. The standard InChI is InChI=1S/C30H30N2O/c1-21-8-11-23(12-9-21)20-31-30(33)25-13-15-27(16-14-25)32-28-17-10-22(2)18-26(28)19-29(32)24-6-4-3-5-7-24/h3-9,11-16,19,22H,10,17-18,20H2,1-2H3,(H,31,33). The minimum absolute atomic E-state index is 0.0474. The second-order valence-electron chi connectivity index (χ2n) is 9.27. The molecule has 0 bridgehead atoms. The summed E-state index contributed by atoms with van der Waals surface area (Å²) in [6.45, 7) is 4.93. The van der Waals surface area contributed by atoms with Crippen LogP contribution in [0, 0.1) is 12.8 Å². The molecule has 1 heterocycles. The van der Waals surface area contributed by atoms with E-state index in [-0.39, 0.29) is 5.91 Å². The van der Waals surface area contributed by atoms with E-state index in [4.69, 9.17) is 0 Å². The predicted molar refractivity (Wildman–Crippen MR) is 135 cm³/mol. The van der Waals surface area contributed by atoms with Crippen molar-refractivity contribution < 1.29 is 4.79 Å². The van der Waals surface area contributed by atoms with Crippen LogP contribution in [0.5, 0.6) is 0 Å². The molecular weight excluding hydrogens is 404 g/mol. The Hall–Kier alpha value is -3.59. The van der Waals surface area contributed by atoms with E-state index in [1.807, 2.05) is 12.1 Å². The molecule has 1 aliphatic rings. The maximum atomic E-state index is 12.7. The number of aromatic nitrogens is 1. The highest BCUT2D eigenvalue weighted by Gasteiger charge is 2.23. The number of carbonyl (C=O) groups excluding carboxylic acids is 1. The highest BCUT2D eigenvalue weighted by Crippen LogP contribution is 2.35. The van der Waals surface area contributed by atoms with Gasteiger partial charge in [0, 0.05) is 23.5 Å². The zero-order chi connectivity index (χ0) is 22.8. The monoisotopic (exact) mass is 434 g/mol. The molecule has 33 heavy (non-hydrogen) atoms. The van der Waals surface area contributed by atoms with Gasteiger partial charge in [-0.2, -0.15) is 0 Å². The fourth-order valence-electron chi connectivity index (χ4n) is 4.78. The first-order valence-electron chi connectivity index (χ1n) is 11.8. The van der Waals surface area contributed by atoms with Crippen molar-refractivity contribution >= 4 is 5.91 Å². The molecule has 0 saturated heterocycles. The summed E-state index contributed by atoms with van der Waals surface area (Å²) >= 11 is 0. The molecule has 0 saturated carbocycles. The summed E-state index contributed by atoms with van der Waals surface area (Å²) in [4.78, 5) is 12.7. The Morgan fingerprint density at radius 3 is 2.42 bits per heavy atom. The van der Waals surface area contributed by atoms with Crippen molar-refractivity contribution in [1.82, 2.24) is 9.88 Å². The number of nitrogens with one attached hydrogen (secondary N) is 1. The first kappa shape index (κ1) is 21.3. The third-order valence-corrected chi connectivity index (χ3v) is 6.67. The molecule has 4 aromatic rings. The van der Waals surface area contributed by atoms with Crippen LogP contribution >= 0.6 is 0 Å². The van der Waals surface area contributed by atoms with Gasteiger partial charge in [-0.05, 0) is 79.1 Å². The Morgan fingerprint density at radius 1 is 0.970 bits per heavy atom. The summed E-state index contributed by atoms with van der Waals surface area (Å²) in [6.07, 6.45) is 3.43. The fraction of sp³-hybridized carbons (Fsp3) is 0.233. The van der Waals surface area contributed by atoms with E-state index in [0.29, 0.717) is 12.1 Å². The quantitative estimate of drug-likeness (QED) is 0.382. The second-order valence-corrected chi connectivity index (χ2v) is 9.27. The molecule has 3 aromatic carbocycles. The van der Waals surface area contributed by atoms with E-state index in [1.54, 1.807) is 0 Å². The summed E-state index contributed by atoms with van der Waals surface area (Å²) in [7, 11) is 0. The molecule has 0 spiro atoms. The molecule has 1 amide bonds. The third-order valence-electron chi connectivity index (χ3n) is 6.67. The van der Waals surface area contributed by atoms with Crippen LogP contribution in [0.15, 0.2) is 84.9 Å². The van der Waals surface area contributed by atoms with Gasteiger partial charge in [-0.25, -0.2) is 0 Å². The van der Waals surface area contributed by atoms with Crippen LogP contribution in [0.2, 0.25) is 0 Å². The normalized spacial score (nSPS) is 15.2. The average molecular weight is 435 g/mol. The molecule has 3 heteroatoms. The molecule has 5 rings (SSSR count). The highest BCUT2D eigenvalue weighted by molar-refractivity contribution is 5.94. The first-order valence-corrected chi connectivity index (χ1v) is 11.8. The van der Waals surface area contributed by atoms with E-state index < -0.39 is 0 Å². The Bertz CT molecular complexity index is 1250. The van der Waals surface area contributed by atoms with Crippen LogP contribution in [-0.4, -0.2) is 10.5 Å². The molecule has 166 valence electrons. The summed E-state index contributed by atoms with van der Waals surface area (Å²) in [5.74, 6) is 0.672. The molecule has 3 nitrogen and oxygen atoms in total. The van der Waals surface area contributed by atoms with Gasteiger partial charge in [0.25, 0.3) is 5.91 Å². The van der Waals surface area contributed by atoms with Crippen molar-refractivity contribution in [2.24, 2.45) is 5.92 Å². The van der Waals surface area contributed by atoms with Gasteiger partial charge in [-0.15, -0.1) is 0 Å². The minimum atomic E-state index is -0.0474. The lowest BCUT2D eigenvalue weighted by molar-refractivity contribution is 0.0951. The number of aryl methyl sites for hydroxylation is 1. The second kappa shape index (κ2) is 9.11. The van der Waals surface area contributed by atoms with E-state index in [0.717, 1.165) is 30.0 Å². The third kappa shape index (κ3) is 4.49. The molecule has 1 atom stereocenters. The highest BCUT2D eigenvalue weighted by atomic mass is 16.1. The number of hydrogen-bond acceptors (Lipinski definition) is 1. The van der Waals surface area contributed by atoms with Crippen molar-refractivity contribution in [2.45, 2.75) is 39.7 Å². The Morgan fingerprint density at radius 2 is 1.70 bits per heavy atom.